The van der Waals surface area contributed by atoms with Gasteiger partial charge in [-0.2, -0.15) is 0 Å². The number of aliphatic hydroxyl groups excluding tert-OH is 1. The fourth-order valence-electron chi connectivity index (χ4n) is 2.71. The maximum Gasteiger partial charge on any atom is 0.415 e. The van der Waals surface area contributed by atoms with Crippen LogP contribution in [-0.4, -0.2) is 34.3 Å². The number of carbonyl (C=O) groups excluding carboxylic acids is 1. The molecule has 2 unspecified atom stereocenters. The summed E-state index contributed by atoms with van der Waals surface area (Å²) < 4.78 is 5.64. The van der Waals surface area contributed by atoms with Crippen LogP contribution >= 0.6 is 0 Å². The van der Waals surface area contributed by atoms with Crippen LogP contribution in [0.4, 0.5) is 4.79 Å². The van der Waals surface area contributed by atoms with Gasteiger partial charge in [-0.05, 0) is 59.1 Å². The molecule has 4 heteroatoms. The van der Waals surface area contributed by atoms with E-state index < -0.39 is 6.10 Å². The standard InChI is InChI=1S/C20H37NO3/c1-13(2)11-17(12-16(7)18(22)20(8,9)10)24-19(23)21(14(3)4)15(5)6/h11-12,14-16,18,22H,1-10H3/b17-12-. The topological polar surface area (TPSA) is 49.8 Å². The minimum absolute atomic E-state index is 0.0584. The lowest BCUT2D eigenvalue weighted by atomic mass is 9.82. The molecule has 0 bridgehead atoms. The van der Waals surface area contributed by atoms with Crippen molar-refractivity contribution in [2.75, 3.05) is 0 Å². The first kappa shape index (κ1) is 22.7. The number of rotatable bonds is 6. The van der Waals surface area contributed by atoms with Crippen molar-refractivity contribution in [1.82, 2.24) is 4.90 Å². The van der Waals surface area contributed by atoms with Crippen molar-refractivity contribution in [3.63, 3.8) is 0 Å². The van der Waals surface area contributed by atoms with E-state index in [-0.39, 0.29) is 29.5 Å². The molecule has 0 fully saturated rings. The second-order valence-corrected chi connectivity index (χ2v) is 8.42. The van der Waals surface area contributed by atoms with Gasteiger partial charge in [0.05, 0.1) is 6.10 Å². The fourth-order valence-corrected chi connectivity index (χ4v) is 2.71. The van der Waals surface area contributed by atoms with Crippen LogP contribution in [0.15, 0.2) is 23.5 Å². The Hall–Kier alpha value is -1.29. The van der Waals surface area contributed by atoms with Crippen LogP contribution in [0.3, 0.4) is 0 Å². The van der Waals surface area contributed by atoms with Crippen molar-refractivity contribution in [2.24, 2.45) is 11.3 Å². The third kappa shape index (κ3) is 7.52. The van der Waals surface area contributed by atoms with Crippen molar-refractivity contribution < 1.29 is 14.6 Å². The Morgan fingerprint density at radius 2 is 1.50 bits per heavy atom. The highest BCUT2D eigenvalue weighted by atomic mass is 16.6. The van der Waals surface area contributed by atoms with E-state index in [1.807, 2.05) is 81.4 Å². The monoisotopic (exact) mass is 339 g/mol. The summed E-state index contributed by atoms with van der Waals surface area (Å²) in [6.45, 7) is 19.7. The number of hydrogen-bond donors (Lipinski definition) is 1. The van der Waals surface area contributed by atoms with Gasteiger partial charge >= 0.3 is 6.09 Å². The Kier molecular flexibility index (Phi) is 8.76. The Balaban J connectivity index is 5.47. The second kappa shape index (κ2) is 9.26. The van der Waals surface area contributed by atoms with Crippen molar-refractivity contribution in [3.05, 3.63) is 23.5 Å². The molecule has 1 amide bonds. The van der Waals surface area contributed by atoms with E-state index in [4.69, 9.17) is 4.74 Å². The summed E-state index contributed by atoms with van der Waals surface area (Å²) in [5, 5.41) is 10.4. The van der Waals surface area contributed by atoms with Crippen LogP contribution in [0.2, 0.25) is 0 Å². The molecule has 0 aromatic carbocycles. The summed E-state index contributed by atoms with van der Waals surface area (Å²) in [6, 6.07) is 0.117. The number of hydrogen-bond acceptors (Lipinski definition) is 3. The molecule has 140 valence electrons. The van der Waals surface area contributed by atoms with E-state index in [0.717, 1.165) is 5.57 Å². The number of ether oxygens (including phenoxy) is 1. The minimum Gasteiger partial charge on any atom is -0.411 e. The number of nitrogens with zero attached hydrogens (tertiary/aromatic N) is 1. The molecule has 0 saturated heterocycles. The molecule has 0 aliphatic heterocycles. The fraction of sp³-hybridized carbons (Fsp3) is 0.750. The molecule has 0 heterocycles. The van der Waals surface area contributed by atoms with Gasteiger partial charge in [0.1, 0.15) is 5.76 Å². The molecule has 0 aromatic heterocycles. The van der Waals surface area contributed by atoms with Gasteiger partial charge in [-0.3, -0.25) is 0 Å². The third-order valence-corrected chi connectivity index (χ3v) is 3.77. The summed E-state index contributed by atoms with van der Waals surface area (Å²) in [6.07, 6.45) is 2.78. The molecule has 0 saturated carbocycles. The zero-order chi connectivity index (χ0) is 19.2. The molecule has 2 atom stereocenters. The number of allylic oxidation sites excluding steroid dienone is 2. The van der Waals surface area contributed by atoms with Crippen LogP contribution in [0.1, 0.15) is 69.2 Å². The van der Waals surface area contributed by atoms with Crippen LogP contribution < -0.4 is 0 Å². The predicted molar refractivity (Wildman–Crippen MR) is 101 cm³/mol. The van der Waals surface area contributed by atoms with E-state index in [1.165, 1.54) is 0 Å². The average molecular weight is 340 g/mol. The zero-order valence-electron chi connectivity index (χ0n) is 17.2. The summed E-state index contributed by atoms with van der Waals surface area (Å²) in [7, 11) is 0. The van der Waals surface area contributed by atoms with Gasteiger partial charge in [-0.15, -0.1) is 0 Å². The van der Waals surface area contributed by atoms with Gasteiger partial charge in [0.25, 0.3) is 0 Å². The van der Waals surface area contributed by atoms with Gasteiger partial charge in [0, 0.05) is 18.0 Å². The first-order valence-corrected chi connectivity index (χ1v) is 8.82. The maximum atomic E-state index is 12.5. The first-order valence-electron chi connectivity index (χ1n) is 8.82. The van der Waals surface area contributed by atoms with Gasteiger partial charge in [0.15, 0.2) is 0 Å². The molecule has 0 aliphatic rings. The van der Waals surface area contributed by atoms with E-state index in [0.29, 0.717) is 5.76 Å². The highest BCUT2D eigenvalue weighted by Crippen LogP contribution is 2.27. The smallest absolute Gasteiger partial charge is 0.411 e. The second-order valence-electron chi connectivity index (χ2n) is 8.42. The summed E-state index contributed by atoms with van der Waals surface area (Å²) in [5.41, 5.74) is 0.796. The molecule has 24 heavy (non-hydrogen) atoms. The molecule has 4 nitrogen and oxygen atoms in total. The van der Waals surface area contributed by atoms with Crippen LogP contribution in [-0.2, 0) is 4.74 Å². The van der Waals surface area contributed by atoms with E-state index in [1.54, 1.807) is 4.90 Å². The Morgan fingerprint density at radius 3 is 1.83 bits per heavy atom. The number of amides is 1. The number of aliphatic hydroxyl groups is 1. The lowest BCUT2D eigenvalue weighted by Gasteiger charge is -2.31. The van der Waals surface area contributed by atoms with Crippen molar-refractivity contribution in [1.29, 1.82) is 0 Å². The third-order valence-electron chi connectivity index (χ3n) is 3.77. The van der Waals surface area contributed by atoms with Gasteiger partial charge in [-0.1, -0.05) is 33.3 Å². The van der Waals surface area contributed by atoms with Gasteiger partial charge in [0.2, 0.25) is 0 Å². The highest BCUT2D eigenvalue weighted by Gasteiger charge is 2.28. The lowest BCUT2D eigenvalue weighted by Crippen LogP contribution is -2.42. The Labute approximate surface area is 148 Å². The molecule has 0 aliphatic carbocycles. The molecule has 1 N–H and O–H groups in total. The SMILES string of the molecule is CC(C)=C/C(=C/C(C)C(O)C(C)(C)C)OC(=O)N(C(C)C)C(C)C. The first-order chi connectivity index (χ1) is 10.8. The van der Waals surface area contributed by atoms with Crippen LogP contribution in [0.25, 0.3) is 0 Å². The normalized spacial score (nSPS) is 15.3. The summed E-state index contributed by atoms with van der Waals surface area (Å²) >= 11 is 0. The highest BCUT2D eigenvalue weighted by molar-refractivity contribution is 5.70. The van der Waals surface area contributed by atoms with Crippen molar-refractivity contribution in [2.45, 2.75) is 87.4 Å². The Bertz CT molecular complexity index is 458. The van der Waals surface area contributed by atoms with E-state index in [9.17, 15) is 9.90 Å². The molecular formula is C20H37NO3. The molecule has 0 spiro atoms. The summed E-state index contributed by atoms with van der Waals surface area (Å²) in [4.78, 5) is 14.2. The quantitative estimate of drug-likeness (QED) is 0.539. The van der Waals surface area contributed by atoms with Gasteiger partial charge in [-0.25, -0.2) is 4.79 Å². The van der Waals surface area contributed by atoms with Gasteiger partial charge < -0.3 is 14.7 Å². The zero-order valence-corrected chi connectivity index (χ0v) is 17.2. The van der Waals surface area contributed by atoms with Crippen molar-refractivity contribution >= 4 is 6.09 Å². The minimum atomic E-state index is -0.525. The Morgan fingerprint density at radius 1 is 1.04 bits per heavy atom. The average Bonchev–Trinajstić information content (AvgIpc) is 2.34. The van der Waals surface area contributed by atoms with E-state index in [2.05, 4.69) is 0 Å². The lowest BCUT2D eigenvalue weighted by molar-refractivity contribution is 0.0324. The molecule has 0 radical (unpaired) electrons. The number of carbonyl (C=O) groups is 1. The van der Waals surface area contributed by atoms with Crippen molar-refractivity contribution in [3.8, 4) is 0 Å². The summed E-state index contributed by atoms with van der Waals surface area (Å²) in [5.74, 6) is 0.358. The molecule has 0 aromatic rings. The largest absolute Gasteiger partial charge is 0.415 e. The van der Waals surface area contributed by atoms with E-state index >= 15 is 0 Å². The maximum absolute atomic E-state index is 12.5. The molecular weight excluding hydrogens is 302 g/mol. The van der Waals surface area contributed by atoms with Crippen LogP contribution in [0, 0.1) is 11.3 Å². The van der Waals surface area contributed by atoms with Crippen LogP contribution in [0.5, 0.6) is 0 Å². The molecule has 0 rings (SSSR count). The predicted octanol–water partition coefficient (Wildman–Crippen LogP) is 5.14.